The van der Waals surface area contributed by atoms with E-state index in [2.05, 4.69) is 31.0 Å². The highest BCUT2D eigenvalue weighted by molar-refractivity contribution is 5.68. The third kappa shape index (κ3) is 5.35. The Labute approximate surface area is 144 Å². The van der Waals surface area contributed by atoms with Crippen molar-refractivity contribution in [1.29, 1.82) is 0 Å². The molecule has 134 valence electrons. The van der Waals surface area contributed by atoms with Gasteiger partial charge < -0.3 is 14.4 Å². The van der Waals surface area contributed by atoms with Gasteiger partial charge in [-0.15, -0.1) is 5.10 Å². The van der Waals surface area contributed by atoms with Crippen LogP contribution in [0.2, 0.25) is 0 Å². The first-order chi connectivity index (χ1) is 11.0. The molecule has 0 bridgehead atoms. The Kier molecular flexibility index (Phi) is 5.35. The smallest absolute Gasteiger partial charge is 0.410 e. The molecule has 1 aromatic rings. The highest BCUT2D eigenvalue weighted by atomic mass is 16.6. The fourth-order valence-corrected chi connectivity index (χ4v) is 2.44. The first-order valence-electron chi connectivity index (χ1n) is 8.53. The van der Waals surface area contributed by atoms with Crippen LogP contribution in [0.15, 0.2) is 12.1 Å². The molecule has 0 aromatic carbocycles. The van der Waals surface area contributed by atoms with Crippen LogP contribution in [-0.2, 0) is 10.2 Å². The Morgan fingerprint density at radius 2 is 1.71 bits per heavy atom. The highest BCUT2D eigenvalue weighted by Gasteiger charge is 2.28. The summed E-state index contributed by atoms with van der Waals surface area (Å²) in [5.41, 5.74) is 0.452. The van der Waals surface area contributed by atoms with Gasteiger partial charge in [-0.2, -0.15) is 5.10 Å². The van der Waals surface area contributed by atoms with Gasteiger partial charge in [0.15, 0.2) is 0 Å². The van der Waals surface area contributed by atoms with E-state index in [0.717, 1.165) is 18.5 Å². The Morgan fingerprint density at radius 3 is 2.17 bits per heavy atom. The van der Waals surface area contributed by atoms with Crippen LogP contribution in [0.4, 0.5) is 4.79 Å². The number of aromatic nitrogens is 2. The number of rotatable bonds is 2. The third-order valence-electron chi connectivity index (χ3n) is 3.79. The van der Waals surface area contributed by atoms with Gasteiger partial charge in [-0.1, -0.05) is 20.8 Å². The molecule has 0 saturated carbocycles. The van der Waals surface area contributed by atoms with E-state index in [9.17, 15) is 4.79 Å². The summed E-state index contributed by atoms with van der Waals surface area (Å²) in [6.45, 7) is 13.2. The number of piperidine rings is 1. The average Bonchev–Trinajstić information content (AvgIpc) is 2.46. The van der Waals surface area contributed by atoms with Gasteiger partial charge in [0.2, 0.25) is 5.88 Å². The third-order valence-corrected chi connectivity index (χ3v) is 3.79. The zero-order valence-corrected chi connectivity index (χ0v) is 15.6. The first kappa shape index (κ1) is 18.5. The van der Waals surface area contributed by atoms with E-state index in [1.165, 1.54) is 0 Å². The van der Waals surface area contributed by atoms with Crippen molar-refractivity contribution in [2.24, 2.45) is 0 Å². The molecule has 1 fully saturated rings. The summed E-state index contributed by atoms with van der Waals surface area (Å²) in [5, 5.41) is 8.40. The Hall–Kier alpha value is -1.85. The van der Waals surface area contributed by atoms with Crippen LogP contribution in [0, 0.1) is 0 Å². The van der Waals surface area contributed by atoms with Crippen LogP contribution < -0.4 is 4.74 Å². The van der Waals surface area contributed by atoms with Crippen LogP contribution in [0.3, 0.4) is 0 Å². The summed E-state index contributed by atoms with van der Waals surface area (Å²) in [5.74, 6) is 0.540. The fourth-order valence-electron chi connectivity index (χ4n) is 2.44. The van der Waals surface area contributed by atoms with Gasteiger partial charge in [-0.05, 0) is 26.8 Å². The minimum atomic E-state index is -0.463. The summed E-state index contributed by atoms with van der Waals surface area (Å²) < 4.78 is 11.3. The normalized spacial score (nSPS) is 16.8. The lowest BCUT2D eigenvalue weighted by molar-refractivity contribution is 0.0122. The number of carbonyl (C=O) groups excluding carboxylic acids is 1. The molecule has 1 aromatic heterocycles. The molecule has 1 aliphatic heterocycles. The second-order valence-electron chi connectivity index (χ2n) is 8.29. The Bertz CT molecular complexity index is 550. The van der Waals surface area contributed by atoms with Crippen molar-refractivity contribution in [1.82, 2.24) is 15.1 Å². The lowest BCUT2D eigenvalue weighted by Gasteiger charge is -2.33. The molecule has 0 spiro atoms. The lowest BCUT2D eigenvalue weighted by Crippen LogP contribution is -2.44. The van der Waals surface area contributed by atoms with Gasteiger partial charge in [-0.25, -0.2) is 4.79 Å². The zero-order valence-electron chi connectivity index (χ0n) is 15.6. The van der Waals surface area contributed by atoms with Crippen molar-refractivity contribution >= 4 is 6.09 Å². The van der Waals surface area contributed by atoms with E-state index >= 15 is 0 Å². The van der Waals surface area contributed by atoms with Gasteiger partial charge in [0.1, 0.15) is 11.7 Å². The largest absolute Gasteiger partial charge is 0.473 e. The van der Waals surface area contributed by atoms with Gasteiger partial charge in [-0.3, -0.25) is 0 Å². The highest BCUT2D eigenvalue weighted by Crippen LogP contribution is 2.22. The number of carbonyl (C=O) groups is 1. The number of ether oxygens (including phenoxy) is 2. The standard InChI is InChI=1S/C18H29N3O3/c1-17(2,3)14-7-8-15(20-19-14)23-13-9-11-21(12-10-13)16(22)24-18(4,5)6/h7-8,13H,9-12H2,1-6H3. The molecule has 24 heavy (non-hydrogen) atoms. The topological polar surface area (TPSA) is 64.5 Å². The van der Waals surface area contributed by atoms with Crippen LogP contribution >= 0.6 is 0 Å². The maximum Gasteiger partial charge on any atom is 0.410 e. The van der Waals surface area contributed by atoms with E-state index in [1.807, 2.05) is 32.9 Å². The quantitative estimate of drug-likeness (QED) is 0.827. The number of likely N-dealkylation sites (tertiary alicyclic amines) is 1. The van der Waals surface area contributed by atoms with Crippen molar-refractivity contribution in [3.8, 4) is 5.88 Å². The van der Waals surface area contributed by atoms with Crippen molar-refractivity contribution in [2.75, 3.05) is 13.1 Å². The molecule has 2 heterocycles. The fraction of sp³-hybridized carbons (Fsp3) is 0.722. The van der Waals surface area contributed by atoms with E-state index < -0.39 is 5.60 Å². The monoisotopic (exact) mass is 335 g/mol. The molecule has 0 unspecified atom stereocenters. The number of nitrogens with zero attached hydrogens (tertiary/aromatic N) is 3. The van der Waals surface area contributed by atoms with Crippen LogP contribution in [-0.4, -0.2) is 46.0 Å². The van der Waals surface area contributed by atoms with Crippen LogP contribution in [0.1, 0.15) is 60.1 Å². The molecule has 0 aliphatic carbocycles. The minimum Gasteiger partial charge on any atom is -0.473 e. The molecule has 0 N–H and O–H groups in total. The first-order valence-corrected chi connectivity index (χ1v) is 8.53. The van der Waals surface area contributed by atoms with Crippen molar-refractivity contribution in [2.45, 2.75) is 71.5 Å². The van der Waals surface area contributed by atoms with Gasteiger partial charge >= 0.3 is 6.09 Å². The molecule has 1 amide bonds. The number of amides is 1. The summed E-state index contributed by atoms with van der Waals surface area (Å²) in [7, 11) is 0. The summed E-state index contributed by atoms with van der Waals surface area (Å²) in [6.07, 6.45) is 1.33. The van der Waals surface area contributed by atoms with Crippen LogP contribution in [0.5, 0.6) is 5.88 Å². The molecule has 0 atom stereocenters. The SMILES string of the molecule is CC(C)(C)OC(=O)N1CCC(Oc2ccc(C(C)(C)C)nn2)CC1. The van der Waals surface area contributed by atoms with Gasteiger partial charge in [0, 0.05) is 37.4 Å². The van der Waals surface area contributed by atoms with Gasteiger partial charge in [0.05, 0.1) is 5.69 Å². The van der Waals surface area contributed by atoms with E-state index in [0.29, 0.717) is 19.0 Å². The average molecular weight is 335 g/mol. The summed E-state index contributed by atoms with van der Waals surface area (Å²) in [4.78, 5) is 13.8. The Balaban J connectivity index is 1.84. The molecule has 6 heteroatoms. The van der Waals surface area contributed by atoms with Gasteiger partial charge in [0.25, 0.3) is 0 Å². The maximum atomic E-state index is 12.1. The molecular formula is C18H29N3O3. The Morgan fingerprint density at radius 1 is 1.08 bits per heavy atom. The second-order valence-corrected chi connectivity index (χ2v) is 8.29. The molecule has 2 rings (SSSR count). The molecule has 1 aliphatic rings. The molecular weight excluding hydrogens is 306 g/mol. The molecule has 1 saturated heterocycles. The lowest BCUT2D eigenvalue weighted by atomic mass is 9.92. The van der Waals surface area contributed by atoms with Crippen LogP contribution in [0.25, 0.3) is 0 Å². The van der Waals surface area contributed by atoms with Crippen molar-refractivity contribution in [3.63, 3.8) is 0 Å². The van der Waals surface area contributed by atoms with Crippen molar-refractivity contribution < 1.29 is 14.3 Å². The predicted octanol–water partition coefficient (Wildman–Crippen LogP) is 3.55. The predicted molar refractivity (Wildman–Crippen MR) is 92.2 cm³/mol. The summed E-state index contributed by atoms with van der Waals surface area (Å²) >= 11 is 0. The second kappa shape index (κ2) is 6.95. The summed E-state index contributed by atoms with van der Waals surface area (Å²) in [6, 6.07) is 3.83. The number of hydrogen-bond donors (Lipinski definition) is 0. The maximum absolute atomic E-state index is 12.1. The molecule has 6 nitrogen and oxygen atoms in total. The van der Waals surface area contributed by atoms with E-state index in [1.54, 1.807) is 4.90 Å². The number of hydrogen-bond acceptors (Lipinski definition) is 5. The van der Waals surface area contributed by atoms with E-state index in [4.69, 9.17) is 9.47 Å². The molecule has 0 radical (unpaired) electrons. The van der Waals surface area contributed by atoms with E-state index in [-0.39, 0.29) is 17.6 Å². The minimum absolute atomic E-state index is 0.0235. The zero-order chi connectivity index (χ0) is 18.0. The van der Waals surface area contributed by atoms with Crippen molar-refractivity contribution in [3.05, 3.63) is 17.8 Å².